The van der Waals surface area contributed by atoms with Crippen LogP contribution in [0.1, 0.15) is 44.0 Å². The van der Waals surface area contributed by atoms with Gasteiger partial charge in [0.2, 0.25) is 0 Å². The zero-order chi connectivity index (χ0) is 13.9. The van der Waals surface area contributed by atoms with Gasteiger partial charge in [-0.15, -0.1) is 0 Å². The molecule has 1 aliphatic carbocycles. The molecule has 0 unspecified atom stereocenters. The zero-order valence-corrected chi connectivity index (χ0v) is 12.1. The molecule has 3 N–H and O–H groups in total. The van der Waals surface area contributed by atoms with Gasteiger partial charge in [-0.25, -0.2) is 9.97 Å². The minimum absolute atomic E-state index is 0.539. The second kappa shape index (κ2) is 5.74. The first-order valence-corrected chi connectivity index (χ1v) is 7.09. The summed E-state index contributed by atoms with van der Waals surface area (Å²) >= 11 is 0. The zero-order valence-electron chi connectivity index (χ0n) is 12.1. The lowest BCUT2D eigenvalue weighted by Crippen LogP contribution is -2.43. The van der Waals surface area contributed by atoms with Crippen LogP contribution < -0.4 is 10.6 Å². The molecule has 5 heteroatoms. The van der Waals surface area contributed by atoms with Gasteiger partial charge in [0.15, 0.2) is 0 Å². The Bertz CT molecular complexity index is 443. The Labute approximate surface area is 114 Å². The normalized spacial score (nSPS) is 16.8. The van der Waals surface area contributed by atoms with Crippen LogP contribution in [0.2, 0.25) is 0 Å². The van der Waals surface area contributed by atoms with Crippen molar-refractivity contribution in [3.05, 3.63) is 11.4 Å². The number of hydrogen-bond acceptors (Lipinski definition) is 5. The van der Waals surface area contributed by atoms with Crippen molar-refractivity contribution in [3.8, 4) is 0 Å². The summed E-state index contributed by atoms with van der Waals surface area (Å²) in [7, 11) is 0. The van der Waals surface area contributed by atoms with Crippen LogP contribution in [0, 0.1) is 13.8 Å². The summed E-state index contributed by atoms with van der Waals surface area (Å²) in [5.74, 6) is 2.45. The van der Waals surface area contributed by atoms with E-state index in [1.54, 1.807) is 0 Å². The van der Waals surface area contributed by atoms with Crippen LogP contribution in [0.25, 0.3) is 0 Å². The van der Waals surface area contributed by atoms with Gasteiger partial charge in [-0.05, 0) is 39.5 Å². The van der Waals surface area contributed by atoms with Crippen molar-refractivity contribution in [3.63, 3.8) is 0 Å². The predicted molar refractivity (Wildman–Crippen MR) is 77.6 cm³/mol. The van der Waals surface area contributed by atoms with Crippen LogP contribution in [0.15, 0.2) is 0 Å². The van der Waals surface area contributed by atoms with Crippen LogP contribution >= 0.6 is 0 Å². The van der Waals surface area contributed by atoms with Crippen LogP contribution in [-0.2, 0) is 0 Å². The van der Waals surface area contributed by atoms with E-state index < -0.39 is 5.60 Å². The molecule has 0 spiro atoms. The van der Waals surface area contributed by atoms with Crippen molar-refractivity contribution in [1.29, 1.82) is 0 Å². The van der Waals surface area contributed by atoms with E-state index in [0.717, 1.165) is 55.3 Å². The van der Waals surface area contributed by atoms with E-state index in [2.05, 4.69) is 27.5 Å². The summed E-state index contributed by atoms with van der Waals surface area (Å²) in [6, 6.07) is 0. The molecule has 0 aliphatic heterocycles. The quantitative estimate of drug-likeness (QED) is 0.735. The molecule has 0 radical (unpaired) electrons. The SMILES string of the molecule is CCCNc1nc(C)nc(NCC2(O)CCC2)c1C. The molecule has 0 bridgehead atoms. The van der Waals surface area contributed by atoms with Gasteiger partial charge in [-0.2, -0.15) is 0 Å². The van der Waals surface area contributed by atoms with Crippen molar-refractivity contribution >= 4 is 11.6 Å². The largest absolute Gasteiger partial charge is 0.388 e. The Morgan fingerprint density at radius 2 is 1.79 bits per heavy atom. The Morgan fingerprint density at radius 1 is 1.16 bits per heavy atom. The minimum Gasteiger partial charge on any atom is -0.388 e. The highest BCUT2D eigenvalue weighted by atomic mass is 16.3. The molecule has 0 atom stereocenters. The van der Waals surface area contributed by atoms with Gasteiger partial charge >= 0.3 is 0 Å². The lowest BCUT2D eigenvalue weighted by molar-refractivity contribution is -0.0202. The molecular formula is C14H24N4O. The standard InChI is InChI=1S/C14H24N4O/c1-4-8-15-12-10(2)13(18-11(3)17-12)16-9-14(19)6-5-7-14/h19H,4-9H2,1-3H3,(H2,15,16,17,18). The number of anilines is 2. The molecule has 0 saturated heterocycles. The average molecular weight is 264 g/mol. The molecule has 0 aromatic carbocycles. The maximum Gasteiger partial charge on any atom is 0.134 e. The fourth-order valence-corrected chi connectivity index (χ4v) is 2.23. The van der Waals surface area contributed by atoms with E-state index in [9.17, 15) is 5.11 Å². The van der Waals surface area contributed by atoms with Crippen LogP contribution in [0.3, 0.4) is 0 Å². The van der Waals surface area contributed by atoms with Crippen molar-refractivity contribution in [1.82, 2.24) is 9.97 Å². The van der Waals surface area contributed by atoms with Crippen molar-refractivity contribution < 1.29 is 5.11 Å². The summed E-state index contributed by atoms with van der Waals surface area (Å²) in [5, 5.41) is 16.7. The second-order valence-electron chi connectivity index (χ2n) is 5.45. The lowest BCUT2D eigenvalue weighted by Gasteiger charge is -2.36. The van der Waals surface area contributed by atoms with E-state index >= 15 is 0 Å². The maximum atomic E-state index is 10.1. The Balaban J connectivity index is 2.08. The lowest BCUT2D eigenvalue weighted by atomic mass is 9.80. The molecule has 1 aromatic rings. The Hall–Kier alpha value is -1.36. The van der Waals surface area contributed by atoms with E-state index in [1.165, 1.54) is 0 Å². The van der Waals surface area contributed by atoms with Crippen LogP contribution in [0.4, 0.5) is 11.6 Å². The highest BCUT2D eigenvalue weighted by Gasteiger charge is 2.34. The number of aliphatic hydroxyl groups is 1. The van der Waals surface area contributed by atoms with E-state index in [-0.39, 0.29) is 0 Å². The molecule has 106 valence electrons. The van der Waals surface area contributed by atoms with Crippen molar-refractivity contribution in [2.24, 2.45) is 0 Å². The first kappa shape index (κ1) is 14.1. The van der Waals surface area contributed by atoms with Crippen LogP contribution in [0.5, 0.6) is 0 Å². The smallest absolute Gasteiger partial charge is 0.134 e. The third-order valence-corrected chi connectivity index (χ3v) is 3.67. The summed E-state index contributed by atoms with van der Waals surface area (Å²) in [5.41, 5.74) is 0.476. The molecule has 1 aromatic heterocycles. The van der Waals surface area contributed by atoms with Crippen molar-refractivity contribution in [2.45, 2.75) is 52.1 Å². The Kier molecular flexibility index (Phi) is 4.24. The first-order valence-electron chi connectivity index (χ1n) is 7.09. The summed E-state index contributed by atoms with van der Waals surface area (Å²) in [6.07, 6.45) is 3.93. The highest BCUT2D eigenvalue weighted by Crippen LogP contribution is 2.32. The first-order chi connectivity index (χ1) is 9.04. The third kappa shape index (κ3) is 3.35. The summed E-state index contributed by atoms with van der Waals surface area (Å²) < 4.78 is 0. The van der Waals surface area contributed by atoms with E-state index in [4.69, 9.17) is 0 Å². The van der Waals surface area contributed by atoms with E-state index in [1.807, 2.05) is 13.8 Å². The Morgan fingerprint density at radius 3 is 2.32 bits per heavy atom. The number of rotatable bonds is 6. The molecule has 1 saturated carbocycles. The molecule has 2 rings (SSSR count). The van der Waals surface area contributed by atoms with Gasteiger partial charge in [0.25, 0.3) is 0 Å². The number of aryl methyl sites for hydroxylation is 1. The molecule has 1 aliphatic rings. The summed E-state index contributed by atoms with van der Waals surface area (Å²) in [6.45, 7) is 7.49. The molecule has 1 heterocycles. The summed E-state index contributed by atoms with van der Waals surface area (Å²) in [4.78, 5) is 8.85. The molecule has 1 fully saturated rings. The minimum atomic E-state index is -0.539. The fourth-order valence-electron chi connectivity index (χ4n) is 2.23. The number of aromatic nitrogens is 2. The molecular weight excluding hydrogens is 240 g/mol. The highest BCUT2D eigenvalue weighted by molar-refractivity contribution is 5.57. The molecule has 0 amide bonds. The van der Waals surface area contributed by atoms with Gasteiger partial charge in [0.1, 0.15) is 17.5 Å². The van der Waals surface area contributed by atoms with Gasteiger partial charge in [0, 0.05) is 18.7 Å². The number of nitrogens with one attached hydrogen (secondary N) is 2. The van der Waals surface area contributed by atoms with Gasteiger partial charge in [-0.3, -0.25) is 0 Å². The monoisotopic (exact) mass is 264 g/mol. The average Bonchev–Trinajstić information content (AvgIpc) is 2.35. The molecule has 19 heavy (non-hydrogen) atoms. The fraction of sp³-hybridized carbons (Fsp3) is 0.714. The van der Waals surface area contributed by atoms with Gasteiger partial charge in [-0.1, -0.05) is 6.92 Å². The van der Waals surface area contributed by atoms with Crippen molar-refractivity contribution in [2.75, 3.05) is 23.7 Å². The van der Waals surface area contributed by atoms with Gasteiger partial charge in [0.05, 0.1) is 5.60 Å². The van der Waals surface area contributed by atoms with Crippen LogP contribution in [-0.4, -0.2) is 33.8 Å². The number of nitrogens with zero attached hydrogens (tertiary/aromatic N) is 2. The third-order valence-electron chi connectivity index (χ3n) is 3.67. The topological polar surface area (TPSA) is 70.1 Å². The van der Waals surface area contributed by atoms with E-state index in [0.29, 0.717) is 6.54 Å². The maximum absolute atomic E-state index is 10.1. The predicted octanol–water partition coefficient (Wildman–Crippen LogP) is 2.24. The van der Waals surface area contributed by atoms with Gasteiger partial charge < -0.3 is 15.7 Å². The molecule has 5 nitrogen and oxygen atoms in total. The number of hydrogen-bond donors (Lipinski definition) is 3. The second-order valence-corrected chi connectivity index (χ2v) is 5.45.